The van der Waals surface area contributed by atoms with E-state index >= 15 is 0 Å². The number of unbranched alkanes of at least 4 members (excludes halogenated alkanes) is 1. The van der Waals surface area contributed by atoms with Gasteiger partial charge in [-0.05, 0) is 12.1 Å². The summed E-state index contributed by atoms with van der Waals surface area (Å²) in [7, 11) is -0.0394. The standard InChI is InChI=1S/C8H19BrO2Si/c1-4-6-7-12(5-2,10-3)11-8-9/h4-8H2,1-3H3. The summed E-state index contributed by atoms with van der Waals surface area (Å²) in [5.41, 5.74) is 0.602. The zero-order valence-corrected chi connectivity index (χ0v) is 10.8. The fourth-order valence-corrected chi connectivity index (χ4v) is 4.86. The number of halogens is 1. The van der Waals surface area contributed by atoms with Crippen molar-refractivity contribution in [3.8, 4) is 0 Å². The highest BCUT2D eigenvalue weighted by Crippen LogP contribution is 2.21. The molecule has 0 bridgehead atoms. The Morgan fingerprint density at radius 3 is 2.33 bits per heavy atom. The molecule has 0 spiro atoms. The van der Waals surface area contributed by atoms with E-state index < -0.39 is 8.56 Å². The molecule has 0 radical (unpaired) electrons. The van der Waals surface area contributed by atoms with E-state index in [1.165, 1.54) is 12.8 Å². The van der Waals surface area contributed by atoms with Crippen LogP contribution >= 0.6 is 15.9 Å². The van der Waals surface area contributed by atoms with E-state index in [4.69, 9.17) is 8.85 Å². The third kappa shape index (κ3) is 4.03. The van der Waals surface area contributed by atoms with E-state index in [1.54, 1.807) is 7.11 Å². The average molecular weight is 255 g/mol. The molecule has 0 N–H and O–H groups in total. The van der Waals surface area contributed by atoms with Crippen LogP contribution in [0.5, 0.6) is 0 Å². The largest absolute Gasteiger partial charge is 0.398 e. The molecule has 0 saturated heterocycles. The van der Waals surface area contributed by atoms with Crippen LogP contribution in [0.2, 0.25) is 12.1 Å². The van der Waals surface area contributed by atoms with Crippen molar-refractivity contribution >= 4 is 24.5 Å². The van der Waals surface area contributed by atoms with Gasteiger partial charge in [-0.25, -0.2) is 0 Å². The Balaban J connectivity index is 3.95. The molecule has 4 heteroatoms. The zero-order valence-electron chi connectivity index (χ0n) is 8.23. The minimum atomic E-state index is -1.81. The first kappa shape index (κ1) is 12.6. The molecule has 2 nitrogen and oxygen atoms in total. The number of rotatable bonds is 7. The monoisotopic (exact) mass is 254 g/mol. The molecular weight excluding hydrogens is 236 g/mol. The summed E-state index contributed by atoms with van der Waals surface area (Å²) in [4.78, 5) is 0. The fraction of sp³-hybridized carbons (Fsp3) is 1.00. The summed E-state index contributed by atoms with van der Waals surface area (Å²) in [5, 5.41) is 0. The quantitative estimate of drug-likeness (QED) is 0.513. The Hall–Kier alpha value is 0.617. The zero-order chi connectivity index (χ0) is 9.45. The minimum Gasteiger partial charge on any atom is -0.398 e. The van der Waals surface area contributed by atoms with Gasteiger partial charge in [0.25, 0.3) is 0 Å². The van der Waals surface area contributed by atoms with Crippen molar-refractivity contribution in [2.45, 2.75) is 38.8 Å². The molecule has 74 valence electrons. The minimum absolute atomic E-state index is 0.602. The third-order valence-electron chi connectivity index (χ3n) is 2.14. The lowest BCUT2D eigenvalue weighted by Gasteiger charge is -2.26. The summed E-state index contributed by atoms with van der Waals surface area (Å²) in [6.07, 6.45) is 2.42. The van der Waals surface area contributed by atoms with E-state index in [2.05, 4.69) is 29.8 Å². The maximum Gasteiger partial charge on any atom is 0.338 e. The smallest absolute Gasteiger partial charge is 0.338 e. The van der Waals surface area contributed by atoms with E-state index in [0.717, 1.165) is 12.1 Å². The SMILES string of the molecule is CCCC[Si](CC)(OC)OCBr. The molecule has 1 atom stereocenters. The van der Waals surface area contributed by atoms with Crippen molar-refractivity contribution < 1.29 is 8.85 Å². The molecule has 0 amide bonds. The van der Waals surface area contributed by atoms with Crippen molar-refractivity contribution in [3.63, 3.8) is 0 Å². The summed E-state index contributed by atoms with van der Waals surface area (Å²) in [6, 6.07) is 2.15. The number of hydrogen-bond donors (Lipinski definition) is 0. The maximum absolute atomic E-state index is 5.66. The molecule has 0 aliphatic rings. The van der Waals surface area contributed by atoms with Crippen molar-refractivity contribution in [2.75, 3.05) is 12.6 Å². The molecule has 12 heavy (non-hydrogen) atoms. The first-order valence-electron chi connectivity index (χ1n) is 4.49. The van der Waals surface area contributed by atoms with Gasteiger partial charge in [0.1, 0.15) is 0 Å². The second-order valence-corrected chi connectivity index (χ2v) is 7.01. The fourth-order valence-electron chi connectivity index (χ4n) is 1.20. The van der Waals surface area contributed by atoms with E-state index in [1.807, 2.05) is 0 Å². The van der Waals surface area contributed by atoms with Gasteiger partial charge in [0.05, 0.1) is 5.52 Å². The van der Waals surface area contributed by atoms with Crippen LogP contribution in [0.25, 0.3) is 0 Å². The van der Waals surface area contributed by atoms with Crippen LogP contribution < -0.4 is 0 Å². The predicted octanol–water partition coefficient (Wildman–Crippen LogP) is 3.26. The number of alkyl halides is 1. The van der Waals surface area contributed by atoms with Crippen LogP contribution in [0, 0.1) is 0 Å². The van der Waals surface area contributed by atoms with Gasteiger partial charge in [0.2, 0.25) is 0 Å². The van der Waals surface area contributed by atoms with E-state index in [9.17, 15) is 0 Å². The molecule has 0 fully saturated rings. The highest BCUT2D eigenvalue weighted by atomic mass is 79.9. The van der Waals surface area contributed by atoms with Crippen LogP contribution in [-0.4, -0.2) is 21.2 Å². The van der Waals surface area contributed by atoms with Gasteiger partial charge in [-0.15, -0.1) is 0 Å². The first-order valence-corrected chi connectivity index (χ1v) is 7.85. The second-order valence-electron chi connectivity index (χ2n) is 2.83. The Labute approximate surface area is 85.0 Å². The van der Waals surface area contributed by atoms with Crippen LogP contribution in [0.15, 0.2) is 0 Å². The average Bonchev–Trinajstić information content (AvgIpc) is 2.13. The molecule has 0 aliphatic heterocycles. The molecule has 0 aromatic heterocycles. The Morgan fingerprint density at radius 2 is 2.00 bits per heavy atom. The van der Waals surface area contributed by atoms with Gasteiger partial charge < -0.3 is 8.85 Å². The van der Waals surface area contributed by atoms with Crippen molar-refractivity contribution in [3.05, 3.63) is 0 Å². The van der Waals surface area contributed by atoms with Gasteiger partial charge in [-0.2, -0.15) is 0 Å². The summed E-state index contributed by atoms with van der Waals surface area (Å²) < 4.78 is 11.2. The second kappa shape index (κ2) is 7.06. The van der Waals surface area contributed by atoms with Crippen LogP contribution in [0.3, 0.4) is 0 Å². The van der Waals surface area contributed by atoms with Gasteiger partial charge in [-0.1, -0.05) is 42.6 Å². The topological polar surface area (TPSA) is 18.5 Å². The maximum atomic E-state index is 5.66. The normalized spacial score (nSPS) is 16.0. The van der Waals surface area contributed by atoms with Crippen molar-refractivity contribution in [1.29, 1.82) is 0 Å². The van der Waals surface area contributed by atoms with Gasteiger partial charge >= 0.3 is 8.56 Å². The van der Waals surface area contributed by atoms with Crippen LogP contribution in [-0.2, 0) is 8.85 Å². The molecule has 0 aliphatic carbocycles. The Kier molecular flexibility index (Phi) is 7.43. The van der Waals surface area contributed by atoms with Crippen LogP contribution in [0.4, 0.5) is 0 Å². The lowest BCUT2D eigenvalue weighted by Crippen LogP contribution is -2.39. The van der Waals surface area contributed by atoms with Gasteiger partial charge in [-0.3, -0.25) is 0 Å². The predicted molar refractivity (Wildman–Crippen MR) is 57.8 cm³/mol. The molecule has 1 unspecified atom stereocenters. The first-order chi connectivity index (χ1) is 5.74. The van der Waals surface area contributed by atoms with Crippen molar-refractivity contribution in [2.24, 2.45) is 0 Å². The third-order valence-corrected chi connectivity index (χ3v) is 6.40. The summed E-state index contributed by atoms with van der Waals surface area (Å²) >= 11 is 3.29. The molecular formula is C8H19BrO2Si. The summed E-state index contributed by atoms with van der Waals surface area (Å²) in [6.45, 7) is 4.34. The molecule has 0 aromatic carbocycles. The van der Waals surface area contributed by atoms with Gasteiger partial charge in [0, 0.05) is 7.11 Å². The Bertz CT molecular complexity index is 107. The molecule has 0 rings (SSSR count). The molecule has 0 aromatic rings. The molecule has 0 saturated carbocycles. The summed E-state index contributed by atoms with van der Waals surface area (Å²) in [5.74, 6) is 0. The number of hydrogen-bond acceptors (Lipinski definition) is 2. The van der Waals surface area contributed by atoms with Crippen molar-refractivity contribution in [1.82, 2.24) is 0 Å². The Morgan fingerprint density at radius 1 is 1.33 bits per heavy atom. The lowest BCUT2D eigenvalue weighted by molar-refractivity contribution is 0.234. The van der Waals surface area contributed by atoms with Gasteiger partial charge in [0.15, 0.2) is 0 Å². The molecule has 0 heterocycles. The van der Waals surface area contributed by atoms with E-state index in [-0.39, 0.29) is 0 Å². The van der Waals surface area contributed by atoms with Crippen LogP contribution in [0.1, 0.15) is 26.7 Å². The lowest BCUT2D eigenvalue weighted by atomic mass is 10.4. The highest BCUT2D eigenvalue weighted by Gasteiger charge is 2.33. The highest BCUT2D eigenvalue weighted by molar-refractivity contribution is 9.09. The van der Waals surface area contributed by atoms with E-state index in [0.29, 0.717) is 5.52 Å².